The molecule has 2 aromatic rings. The van der Waals surface area contributed by atoms with Crippen molar-refractivity contribution in [1.29, 1.82) is 0 Å². The Morgan fingerprint density at radius 2 is 1.96 bits per heavy atom. The van der Waals surface area contributed by atoms with Crippen molar-refractivity contribution in [3.05, 3.63) is 59.2 Å². The monoisotopic (exact) mass is 324 g/mol. The van der Waals surface area contributed by atoms with E-state index in [1.54, 1.807) is 0 Å². The molecule has 3 heteroatoms. The molecule has 0 radical (unpaired) electrons. The van der Waals surface area contributed by atoms with E-state index in [0.717, 1.165) is 50.4 Å². The highest BCUT2D eigenvalue weighted by Gasteiger charge is 2.14. The summed E-state index contributed by atoms with van der Waals surface area (Å²) in [6.07, 6.45) is 4.40. The standard InChI is InChI=1S/C21H28N2O/c1-2-14-24-21-10-9-17(15-20(21)22)6-5-12-23-13-11-18-7-3-4-8-19(18)16-23/h3-4,7-10,15H,2,5-6,11-14,16,22H2,1H3. The molecule has 0 spiro atoms. The molecule has 0 bridgehead atoms. The number of rotatable bonds is 7. The molecule has 3 rings (SSSR count). The minimum Gasteiger partial charge on any atom is -0.491 e. The summed E-state index contributed by atoms with van der Waals surface area (Å²) in [5.74, 6) is 0.813. The van der Waals surface area contributed by atoms with Crippen molar-refractivity contribution in [2.24, 2.45) is 0 Å². The molecule has 2 N–H and O–H groups in total. The Bertz CT molecular complexity index is 669. The second kappa shape index (κ2) is 8.20. The zero-order valence-corrected chi connectivity index (χ0v) is 14.6. The Hall–Kier alpha value is -2.00. The van der Waals surface area contributed by atoms with Crippen LogP contribution in [0.5, 0.6) is 5.75 Å². The molecule has 128 valence electrons. The van der Waals surface area contributed by atoms with E-state index >= 15 is 0 Å². The summed E-state index contributed by atoms with van der Waals surface area (Å²) in [6, 6.07) is 15.0. The first-order chi connectivity index (χ1) is 11.8. The number of nitrogen functional groups attached to an aromatic ring is 1. The Morgan fingerprint density at radius 1 is 1.12 bits per heavy atom. The van der Waals surface area contributed by atoms with Crippen molar-refractivity contribution < 1.29 is 4.74 Å². The van der Waals surface area contributed by atoms with Gasteiger partial charge in [0.05, 0.1) is 12.3 Å². The fourth-order valence-corrected chi connectivity index (χ4v) is 3.35. The van der Waals surface area contributed by atoms with Crippen LogP contribution in [0.2, 0.25) is 0 Å². The average Bonchev–Trinajstić information content (AvgIpc) is 2.61. The van der Waals surface area contributed by atoms with E-state index in [1.165, 1.54) is 29.7 Å². The summed E-state index contributed by atoms with van der Waals surface area (Å²) < 4.78 is 5.64. The molecule has 0 aromatic heterocycles. The van der Waals surface area contributed by atoms with Gasteiger partial charge in [0.25, 0.3) is 0 Å². The Balaban J connectivity index is 1.48. The molecule has 2 aromatic carbocycles. The normalized spacial score (nSPS) is 14.4. The highest BCUT2D eigenvalue weighted by molar-refractivity contribution is 5.54. The molecule has 3 nitrogen and oxygen atoms in total. The van der Waals surface area contributed by atoms with Crippen LogP contribution in [0, 0.1) is 0 Å². The average molecular weight is 324 g/mol. The molecule has 1 aliphatic rings. The zero-order valence-electron chi connectivity index (χ0n) is 14.6. The van der Waals surface area contributed by atoms with E-state index in [2.05, 4.69) is 48.2 Å². The van der Waals surface area contributed by atoms with Gasteiger partial charge in [-0.1, -0.05) is 37.3 Å². The third-order valence-electron chi connectivity index (χ3n) is 4.69. The summed E-state index contributed by atoms with van der Waals surface area (Å²) in [5.41, 5.74) is 11.2. The first kappa shape index (κ1) is 16.8. The first-order valence-electron chi connectivity index (χ1n) is 9.06. The van der Waals surface area contributed by atoms with Crippen LogP contribution in [0.1, 0.15) is 36.5 Å². The molecule has 1 aliphatic heterocycles. The lowest BCUT2D eigenvalue weighted by atomic mass is 9.99. The summed E-state index contributed by atoms with van der Waals surface area (Å²) in [6.45, 7) is 6.22. The summed E-state index contributed by atoms with van der Waals surface area (Å²) in [5, 5.41) is 0. The fourth-order valence-electron chi connectivity index (χ4n) is 3.35. The number of hydrogen-bond acceptors (Lipinski definition) is 3. The van der Waals surface area contributed by atoms with Crippen molar-refractivity contribution in [3.63, 3.8) is 0 Å². The molecule has 0 atom stereocenters. The molecule has 0 saturated heterocycles. The van der Waals surface area contributed by atoms with E-state index in [-0.39, 0.29) is 0 Å². The SMILES string of the molecule is CCCOc1ccc(CCCN2CCc3ccccc3C2)cc1N. The van der Waals surface area contributed by atoms with Crippen LogP contribution >= 0.6 is 0 Å². The topological polar surface area (TPSA) is 38.5 Å². The van der Waals surface area contributed by atoms with Gasteiger partial charge >= 0.3 is 0 Å². The Kier molecular flexibility index (Phi) is 5.76. The Morgan fingerprint density at radius 3 is 2.75 bits per heavy atom. The number of hydrogen-bond donors (Lipinski definition) is 1. The quantitative estimate of drug-likeness (QED) is 0.781. The van der Waals surface area contributed by atoms with Gasteiger partial charge in [0.15, 0.2) is 0 Å². The van der Waals surface area contributed by atoms with Crippen molar-refractivity contribution in [1.82, 2.24) is 4.90 Å². The van der Waals surface area contributed by atoms with Crippen LogP contribution in [-0.4, -0.2) is 24.6 Å². The Labute approximate surface area is 145 Å². The molecule has 0 aliphatic carbocycles. The third kappa shape index (κ3) is 4.30. The lowest BCUT2D eigenvalue weighted by Crippen LogP contribution is -2.31. The van der Waals surface area contributed by atoms with Gasteiger partial charge in [-0.15, -0.1) is 0 Å². The van der Waals surface area contributed by atoms with Gasteiger partial charge in [0, 0.05) is 13.1 Å². The maximum Gasteiger partial charge on any atom is 0.142 e. The van der Waals surface area contributed by atoms with Crippen molar-refractivity contribution >= 4 is 5.69 Å². The van der Waals surface area contributed by atoms with Crippen LogP contribution in [0.25, 0.3) is 0 Å². The number of anilines is 1. The van der Waals surface area contributed by atoms with Gasteiger partial charge < -0.3 is 10.5 Å². The van der Waals surface area contributed by atoms with Gasteiger partial charge in [0.2, 0.25) is 0 Å². The largest absolute Gasteiger partial charge is 0.491 e. The summed E-state index contributed by atoms with van der Waals surface area (Å²) >= 11 is 0. The molecule has 24 heavy (non-hydrogen) atoms. The number of nitrogens with zero attached hydrogens (tertiary/aromatic N) is 1. The molecule has 0 saturated carbocycles. The number of fused-ring (bicyclic) bond motifs is 1. The van der Waals surface area contributed by atoms with E-state index in [1.807, 2.05) is 6.07 Å². The van der Waals surface area contributed by atoms with Gasteiger partial charge in [-0.2, -0.15) is 0 Å². The second-order valence-electron chi connectivity index (χ2n) is 6.62. The van der Waals surface area contributed by atoms with Crippen LogP contribution in [0.3, 0.4) is 0 Å². The van der Waals surface area contributed by atoms with Crippen LogP contribution < -0.4 is 10.5 Å². The summed E-state index contributed by atoms with van der Waals surface area (Å²) in [7, 11) is 0. The molecular formula is C21H28N2O. The third-order valence-corrected chi connectivity index (χ3v) is 4.69. The molecule has 0 amide bonds. The number of aryl methyl sites for hydroxylation is 1. The number of nitrogens with two attached hydrogens (primary N) is 1. The van der Waals surface area contributed by atoms with Crippen LogP contribution in [-0.2, 0) is 19.4 Å². The highest BCUT2D eigenvalue weighted by atomic mass is 16.5. The van der Waals surface area contributed by atoms with Gasteiger partial charge in [0.1, 0.15) is 5.75 Å². The lowest BCUT2D eigenvalue weighted by molar-refractivity contribution is 0.251. The van der Waals surface area contributed by atoms with E-state index < -0.39 is 0 Å². The maximum atomic E-state index is 6.09. The van der Waals surface area contributed by atoms with Gasteiger partial charge in [-0.3, -0.25) is 4.90 Å². The van der Waals surface area contributed by atoms with E-state index in [0.29, 0.717) is 0 Å². The predicted octanol–water partition coefficient (Wildman–Crippen LogP) is 4.05. The number of ether oxygens (including phenoxy) is 1. The van der Waals surface area contributed by atoms with Crippen molar-refractivity contribution in [2.75, 3.05) is 25.4 Å². The molecule has 0 unspecified atom stereocenters. The fraction of sp³-hybridized carbons (Fsp3) is 0.429. The second-order valence-corrected chi connectivity index (χ2v) is 6.62. The molecular weight excluding hydrogens is 296 g/mol. The maximum absolute atomic E-state index is 6.09. The highest BCUT2D eigenvalue weighted by Crippen LogP contribution is 2.24. The van der Waals surface area contributed by atoms with Crippen molar-refractivity contribution in [2.45, 2.75) is 39.2 Å². The predicted molar refractivity (Wildman–Crippen MR) is 100 cm³/mol. The molecule has 1 heterocycles. The van der Waals surface area contributed by atoms with Crippen molar-refractivity contribution in [3.8, 4) is 5.75 Å². The zero-order chi connectivity index (χ0) is 16.8. The summed E-state index contributed by atoms with van der Waals surface area (Å²) in [4.78, 5) is 2.56. The minimum atomic E-state index is 0.722. The lowest BCUT2D eigenvalue weighted by Gasteiger charge is -2.28. The first-order valence-corrected chi connectivity index (χ1v) is 9.06. The van der Waals surface area contributed by atoms with Crippen LogP contribution in [0.15, 0.2) is 42.5 Å². The number of benzene rings is 2. The van der Waals surface area contributed by atoms with Gasteiger partial charge in [-0.25, -0.2) is 0 Å². The molecule has 0 fully saturated rings. The van der Waals surface area contributed by atoms with Crippen LogP contribution in [0.4, 0.5) is 5.69 Å². The van der Waals surface area contributed by atoms with Gasteiger partial charge in [-0.05, 0) is 61.1 Å². The smallest absolute Gasteiger partial charge is 0.142 e. The van der Waals surface area contributed by atoms with E-state index in [9.17, 15) is 0 Å². The van der Waals surface area contributed by atoms with E-state index in [4.69, 9.17) is 10.5 Å². The minimum absolute atomic E-state index is 0.722.